The highest BCUT2D eigenvalue weighted by molar-refractivity contribution is 6.09. The SMILES string of the molecule is CCC(CN1CCOCC1)/C(=C\C=C1/CC=C(C(=O)c2cc3cc(NC(=O)Nc4cc(C(C)(C)C)on4)ccc3o2)N1)OC(=O)N1CCC(N2CCCCC2)CC1. The number of furan rings is 1. The fourth-order valence-corrected chi connectivity index (χ4v) is 7.89. The Labute approximate surface area is 334 Å². The zero-order valence-corrected chi connectivity index (χ0v) is 33.7. The second-order valence-electron chi connectivity index (χ2n) is 16.5. The number of ketones is 1. The second kappa shape index (κ2) is 18.1. The minimum atomic E-state index is -0.478. The number of morpholine rings is 1. The van der Waals surface area contributed by atoms with Gasteiger partial charge in [-0.1, -0.05) is 45.3 Å². The Bertz CT molecular complexity index is 1990. The molecule has 0 aliphatic carbocycles. The Balaban J connectivity index is 0.983. The van der Waals surface area contributed by atoms with Gasteiger partial charge >= 0.3 is 12.1 Å². The number of carbonyl (C=O) groups is 3. The summed E-state index contributed by atoms with van der Waals surface area (Å²) in [7, 11) is 0. The molecule has 14 nitrogen and oxygen atoms in total. The first-order valence-electron chi connectivity index (χ1n) is 20.5. The van der Waals surface area contributed by atoms with Gasteiger partial charge in [0.25, 0.3) is 0 Å². The molecule has 7 rings (SSSR count). The standard InChI is InChI=1S/C43H57N7O7/c1-5-29(28-48-21-23-54-24-22-48)35(56-42(53)50-19-15-33(16-20-50)49-17-7-6-8-18-49)13-10-31-9-12-34(44-31)40(51)37-26-30-25-32(11-14-36(30)55-37)45-41(52)46-39-27-38(57-47-39)43(2,3)4/h10-14,25-27,29,33,44H,5-9,15-24,28H2,1-4H3,(H2,45,46,47,52)/b31-10+,35-13+. The molecule has 0 bridgehead atoms. The Hall–Kier alpha value is -4.92. The molecule has 3 saturated heterocycles. The van der Waals surface area contributed by atoms with Gasteiger partial charge in [0.05, 0.1) is 18.9 Å². The highest BCUT2D eigenvalue weighted by atomic mass is 16.6. The van der Waals surface area contributed by atoms with E-state index in [0.717, 1.165) is 57.7 Å². The summed E-state index contributed by atoms with van der Waals surface area (Å²) in [6, 6.07) is 8.58. The van der Waals surface area contributed by atoms with E-state index in [2.05, 4.69) is 37.8 Å². The van der Waals surface area contributed by atoms with Crippen LogP contribution >= 0.6 is 0 Å². The van der Waals surface area contributed by atoms with E-state index < -0.39 is 6.03 Å². The number of rotatable bonds is 11. The van der Waals surface area contributed by atoms with Crippen molar-refractivity contribution in [2.45, 2.75) is 84.1 Å². The first kappa shape index (κ1) is 40.3. The smallest absolute Gasteiger partial charge is 0.414 e. The van der Waals surface area contributed by atoms with Crippen LogP contribution < -0.4 is 16.0 Å². The molecule has 306 valence electrons. The molecule has 0 saturated carbocycles. The molecule has 14 heteroatoms. The van der Waals surface area contributed by atoms with Crippen LogP contribution in [-0.2, 0) is 14.9 Å². The summed E-state index contributed by atoms with van der Waals surface area (Å²) in [6.07, 6.45) is 12.5. The molecule has 3 fully saturated rings. The van der Waals surface area contributed by atoms with Gasteiger partial charge in [-0.05, 0) is 81.6 Å². The fraction of sp³-hybridized carbons (Fsp3) is 0.535. The minimum Gasteiger partial charge on any atom is -0.453 e. The van der Waals surface area contributed by atoms with Gasteiger partial charge in [-0.3, -0.25) is 15.0 Å². The van der Waals surface area contributed by atoms with E-state index in [1.54, 1.807) is 30.3 Å². The van der Waals surface area contributed by atoms with Crippen LogP contribution in [0.15, 0.2) is 74.7 Å². The van der Waals surface area contributed by atoms with Crippen molar-refractivity contribution in [2.24, 2.45) is 5.92 Å². The van der Waals surface area contributed by atoms with Crippen molar-refractivity contribution in [2.75, 3.05) is 69.7 Å². The quantitative estimate of drug-likeness (QED) is 0.130. The lowest BCUT2D eigenvalue weighted by atomic mass is 9.93. The van der Waals surface area contributed by atoms with Gasteiger partial charge in [0.15, 0.2) is 11.6 Å². The molecule has 1 aromatic carbocycles. The Morgan fingerprint density at radius 2 is 1.77 bits per heavy atom. The van der Waals surface area contributed by atoms with E-state index in [1.165, 1.54) is 19.3 Å². The maximum Gasteiger partial charge on any atom is 0.414 e. The summed E-state index contributed by atoms with van der Waals surface area (Å²) in [5, 5.41) is 13.3. The largest absolute Gasteiger partial charge is 0.453 e. The number of aromatic nitrogens is 1. The van der Waals surface area contributed by atoms with E-state index >= 15 is 0 Å². The van der Waals surface area contributed by atoms with Gasteiger partial charge in [-0.15, -0.1) is 0 Å². The highest BCUT2D eigenvalue weighted by Gasteiger charge is 2.30. The molecule has 4 aliphatic rings. The lowest BCUT2D eigenvalue weighted by Gasteiger charge is -2.40. The average molecular weight is 784 g/mol. The molecular weight excluding hydrogens is 727 g/mol. The van der Waals surface area contributed by atoms with E-state index in [1.807, 2.05) is 43.9 Å². The summed E-state index contributed by atoms with van der Waals surface area (Å²) in [6.45, 7) is 15.7. The Morgan fingerprint density at radius 3 is 2.49 bits per heavy atom. The molecule has 0 spiro atoms. The molecule has 1 atom stereocenters. The van der Waals surface area contributed by atoms with Crippen molar-refractivity contribution in [1.82, 2.24) is 25.2 Å². The van der Waals surface area contributed by atoms with Crippen molar-refractivity contribution in [1.29, 1.82) is 0 Å². The number of anilines is 2. The molecule has 57 heavy (non-hydrogen) atoms. The van der Waals surface area contributed by atoms with Gasteiger partial charge in [-0.25, -0.2) is 9.59 Å². The molecule has 6 heterocycles. The number of nitrogens with zero attached hydrogens (tertiary/aromatic N) is 4. The van der Waals surface area contributed by atoms with Crippen LogP contribution in [0.4, 0.5) is 21.1 Å². The molecule has 1 unspecified atom stereocenters. The van der Waals surface area contributed by atoms with Crippen LogP contribution in [0, 0.1) is 5.92 Å². The van der Waals surface area contributed by atoms with Crippen LogP contribution in [0.3, 0.4) is 0 Å². The maximum absolute atomic E-state index is 13.6. The van der Waals surface area contributed by atoms with Crippen molar-refractivity contribution in [3.05, 3.63) is 77.2 Å². The monoisotopic (exact) mass is 783 g/mol. The fourth-order valence-electron chi connectivity index (χ4n) is 7.89. The normalized spacial score (nSPS) is 20.4. The van der Waals surface area contributed by atoms with E-state index in [0.29, 0.717) is 78.5 Å². The topological polar surface area (TPSA) is 155 Å². The first-order valence-corrected chi connectivity index (χ1v) is 20.5. The molecule has 2 aromatic heterocycles. The van der Waals surface area contributed by atoms with E-state index in [-0.39, 0.29) is 29.0 Å². The molecule has 3 N–H and O–H groups in total. The maximum atomic E-state index is 13.6. The van der Waals surface area contributed by atoms with Gasteiger partial charge < -0.3 is 38.8 Å². The van der Waals surface area contributed by atoms with Crippen LogP contribution in [0.5, 0.6) is 0 Å². The van der Waals surface area contributed by atoms with Crippen LogP contribution in [-0.4, -0.2) is 103 Å². The molecule has 0 radical (unpaired) electrons. The van der Waals surface area contributed by atoms with E-state index in [4.69, 9.17) is 18.4 Å². The highest BCUT2D eigenvalue weighted by Crippen LogP contribution is 2.29. The van der Waals surface area contributed by atoms with Gasteiger partial charge in [-0.2, -0.15) is 0 Å². The minimum absolute atomic E-state index is 0.00917. The Morgan fingerprint density at radius 1 is 1.00 bits per heavy atom. The summed E-state index contributed by atoms with van der Waals surface area (Å²) >= 11 is 0. The summed E-state index contributed by atoms with van der Waals surface area (Å²) < 4.78 is 23.1. The number of nitrogens with one attached hydrogen (secondary N) is 3. The lowest BCUT2D eigenvalue weighted by molar-refractivity contribution is 0.0277. The van der Waals surface area contributed by atoms with Gasteiger partial charge in [0, 0.05) is 79.4 Å². The predicted molar refractivity (Wildman–Crippen MR) is 218 cm³/mol. The second-order valence-corrected chi connectivity index (χ2v) is 16.5. The number of likely N-dealkylation sites (tertiary alicyclic amines) is 2. The third kappa shape index (κ3) is 10.3. The van der Waals surface area contributed by atoms with Crippen molar-refractivity contribution in [3.63, 3.8) is 0 Å². The number of amides is 3. The zero-order chi connectivity index (χ0) is 39.9. The predicted octanol–water partition coefficient (Wildman–Crippen LogP) is 7.64. The third-order valence-electron chi connectivity index (χ3n) is 11.3. The van der Waals surface area contributed by atoms with Crippen LogP contribution in [0.2, 0.25) is 0 Å². The number of benzene rings is 1. The van der Waals surface area contributed by atoms with Crippen molar-refractivity contribution >= 4 is 40.4 Å². The average Bonchev–Trinajstić information content (AvgIpc) is 3.99. The van der Waals surface area contributed by atoms with E-state index in [9.17, 15) is 14.4 Å². The number of fused-ring (bicyclic) bond motifs is 1. The van der Waals surface area contributed by atoms with Crippen molar-refractivity contribution < 1.29 is 32.8 Å². The number of hydrogen-bond donors (Lipinski definition) is 3. The zero-order valence-electron chi connectivity index (χ0n) is 33.7. The molecule has 3 amide bonds. The number of piperidine rings is 2. The molecule has 3 aromatic rings. The van der Waals surface area contributed by atoms with Crippen LogP contribution in [0.25, 0.3) is 11.0 Å². The number of urea groups is 1. The number of allylic oxidation sites excluding steroid dienone is 4. The summed E-state index contributed by atoms with van der Waals surface area (Å²) in [5.74, 6) is 1.50. The first-order chi connectivity index (χ1) is 27.5. The Kier molecular flexibility index (Phi) is 12.8. The molecule has 4 aliphatic heterocycles. The van der Waals surface area contributed by atoms with Crippen molar-refractivity contribution in [3.8, 4) is 0 Å². The number of hydrogen-bond acceptors (Lipinski definition) is 11. The number of carbonyl (C=O) groups excluding carboxylic acids is 3. The lowest BCUT2D eigenvalue weighted by Crippen LogP contribution is -2.48. The summed E-state index contributed by atoms with van der Waals surface area (Å²) in [5.41, 5.74) is 2.01. The third-order valence-corrected chi connectivity index (χ3v) is 11.3. The van der Waals surface area contributed by atoms with Gasteiger partial charge in [0.2, 0.25) is 5.78 Å². The number of Topliss-reactive ketones (excluding diaryl/α,β-unsaturated/α-hetero) is 1. The van der Waals surface area contributed by atoms with Crippen LogP contribution in [0.1, 0.15) is 89.0 Å². The number of ether oxygens (including phenoxy) is 2. The molecular formula is C43H57N7O7. The summed E-state index contributed by atoms with van der Waals surface area (Å²) in [4.78, 5) is 46.7. The van der Waals surface area contributed by atoms with Gasteiger partial charge in [0.1, 0.15) is 17.1 Å².